The Morgan fingerprint density at radius 3 is 2.19 bits per heavy atom. The summed E-state index contributed by atoms with van der Waals surface area (Å²) in [6.07, 6.45) is 6.06. The maximum atomic E-state index is 14.3. The number of amides is 2. The van der Waals surface area contributed by atoms with Gasteiger partial charge in [-0.1, -0.05) is 18.0 Å². The number of aromatic nitrogens is 2. The number of nitrogens with zero attached hydrogens (tertiary/aromatic N) is 3. The lowest BCUT2D eigenvalue weighted by Gasteiger charge is -2.48. The zero-order valence-corrected chi connectivity index (χ0v) is 20.9. The molecular formula is C25H27ClF4N4O3. The Morgan fingerprint density at radius 1 is 1.11 bits per heavy atom. The van der Waals surface area contributed by atoms with Crippen LogP contribution in [0.3, 0.4) is 0 Å². The summed E-state index contributed by atoms with van der Waals surface area (Å²) in [5, 5.41) is 3.00. The molecule has 0 aliphatic heterocycles. The molecule has 1 aromatic heterocycles. The maximum absolute atomic E-state index is 14.3. The number of carbonyl (C=O) groups excluding carboxylic acids is 2. The van der Waals surface area contributed by atoms with Crippen molar-refractivity contribution in [3.8, 4) is 5.75 Å². The molecule has 0 radical (unpaired) electrons. The van der Waals surface area contributed by atoms with Crippen LogP contribution >= 0.6 is 11.6 Å². The summed E-state index contributed by atoms with van der Waals surface area (Å²) < 4.78 is 56.0. The van der Waals surface area contributed by atoms with Crippen molar-refractivity contribution in [2.45, 2.75) is 75.4 Å². The van der Waals surface area contributed by atoms with Crippen molar-refractivity contribution in [1.29, 1.82) is 0 Å². The number of nitrogens with one attached hydrogen (secondary N) is 1. The van der Waals surface area contributed by atoms with Crippen LogP contribution < -0.4 is 15.0 Å². The molecule has 1 heterocycles. The summed E-state index contributed by atoms with van der Waals surface area (Å²) in [5.41, 5.74) is -3.95. The summed E-state index contributed by atoms with van der Waals surface area (Å²) in [6, 6.07) is 4.01. The normalized spacial score (nSPS) is 19.8. The van der Waals surface area contributed by atoms with E-state index in [0.717, 1.165) is 54.8 Å². The van der Waals surface area contributed by atoms with E-state index in [1.165, 1.54) is 44.9 Å². The molecule has 0 saturated heterocycles. The van der Waals surface area contributed by atoms with Gasteiger partial charge >= 0.3 is 6.36 Å². The highest BCUT2D eigenvalue weighted by molar-refractivity contribution is 6.32. The van der Waals surface area contributed by atoms with Crippen LogP contribution in [-0.4, -0.2) is 39.8 Å². The zero-order chi connectivity index (χ0) is 26.8. The van der Waals surface area contributed by atoms with Crippen molar-refractivity contribution >= 4 is 29.1 Å². The van der Waals surface area contributed by atoms with Crippen molar-refractivity contribution in [2.24, 2.45) is 5.41 Å². The van der Waals surface area contributed by atoms with E-state index in [9.17, 15) is 27.2 Å². The highest BCUT2D eigenvalue weighted by Crippen LogP contribution is 2.51. The lowest BCUT2D eigenvalue weighted by atomic mass is 9.60. The molecule has 0 bridgehead atoms. The van der Waals surface area contributed by atoms with Gasteiger partial charge in [-0.05, 0) is 75.1 Å². The van der Waals surface area contributed by atoms with E-state index in [1.807, 2.05) is 0 Å². The van der Waals surface area contributed by atoms with Gasteiger partial charge < -0.3 is 10.1 Å². The van der Waals surface area contributed by atoms with E-state index in [2.05, 4.69) is 20.0 Å². The Hall–Kier alpha value is -2.95. The monoisotopic (exact) mass is 542 g/mol. The van der Waals surface area contributed by atoms with Gasteiger partial charge in [0.05, 0.1) is 0 Å². The molecule has 37 heavy (non-hydrogen) atoms. The second-order valence-corrected chi connectivity index (χ2v) is 10.2. The topological polar surface area (TPSA) is 84.4 Å². The molecule has 200 valence electrons. The van der Waals surface area contributed by atoms with E-state index < -0.39 is 35.1 Å². The Kier molecular flexibility index (Phi) is 7.64. The average Bonchev–Trinajstić information content (AvgIpc) is 2.84. The minimum absolute atomic E-state index is 0.0682. The van der Waals surface area contributed by atoms with E-state index >= 15 is 0 Å². The number of hydrogen-bond donors (Lipinski definition) is 1. The third-order valence-electron chi connectivity index (χ3n) is 7.54. The van der Waals surface area contributed by atoms with Gasteiger partial charge in [-0.2, -0.15) is 0 Å². The van der Waals surface area contributed by atoms with Gasteiger partial charge in [0.1, 0.15) is 12.1 Å². The average molecular weight is 543 g/mol. The number of anilines is 1. The molecule has 12 heteroatoms. The molecule has 2 aliphatic rings. The maximum Gasteiger partial charge on any atom is 0.573 e. The Bertz CT molecular complexity index is 1100. The number of rotatable bonds is 7. The van der Waals surface area contributed by atoms with Crippen LogP contribution in [0.15, 0.2) is 43.0 Å². The predicted octanol–water partition coefficient (Wildman–Crippen LogP) is 5.39. The van der Waals surface area contributed by atoms with E-state index in [0.29, 0.717) is 5.41 Å². The second-order valence-electron chi connectivity index (χ2n) is 9.82. The molecule has 1 spiro atoms. The fourth-order valence-electron chi connectivity index (χ4n) is 5.29. The minimum atomic E-state index is -4.93. The smallest absolute Gasteiger partial charge is 0.406 e. The predicted molar refractivity (Wildman–Crippen MR) is 127 cm³/mol. The quantitative estimate of drug-likeness (QED) is 0.375. The van der Waals surface area contributed by atoms with Crippen molar-refractivity contribution in [1.82, 2.24) is 15.3 Å². The third-order valence-corrected chi connectivity index (χ3v) is 7.73. The molecule has 2 fully saturated rings. The van der Waals surface area contributed by atoms with Crippen molar-refractivity contribution in [3.63, 3.8) is 0 Å². The molecule has 1 N–H and O–H groups in total. The number of hydrogen-bond acceptors (Lipinski definition) is 5. The van der Waals surface area contributed by atoms with Gasteiger partial charge in [-0.25, -0.2) is 14.4 Å². The molecule has 2 atom stereocenters. The highest BCUT2D eigenvalue weighted by atomic mass is 35.5. The molecule has 2 amide bonds. The fourth-order valence-corrected chi connectivity index (χ4v) is 5.39. The van der Waals surface area contributed by atoms with Crippen LogP contribution in [-0.2, 0) is 15.1 Å². The van der Waals surface area contributed by atoms with Gasteiger partial charge in [-0.15, -0.1) is 13.2 Å². The summed E-state index contributed by atoms with van der Waals surface area (Å²) in [5.74, 6) is -2.43. The van der Waals surface area contributed by atoms with Gasteiger partial charge in [-0.3, -0.25) is 14.5 Å². The molecule has 1 aromatic carbocycles. The summed E-state index contributed by atoms with van der Waals surface area (Å²) in [6.45, 7) is 1.40. The van der Waals surface area contributed by atoms with Crippen LogP contribution in [0.4, 0.5) is 23.2 Å². The number of carbonyl (C=O) groups is 2. The largest absolute Gasteiger partial charge is 0.573 e. The van der Waals surface area contributed by atoms with Crippen molar-refractivity contribution < 1.29 is 31.9 Å². The van der Waals surface area contributed by atoms with E-state index in [1.54, 1.807) is 0 Å². The van der Waals surface area contributed by atoms with Gasteiger partial charge in [0.2, 0.25) is 0 Å². The van der Waals surface area contributed by atoms with Crippen molar-refractivity contribution in [2.75, 3.05) is 4.90 Å². The van der Waals surface area contributed by atoms with Crippen LogP contribution in [0.1, 0.15) is 57.4 Å². The fraction of sp³-hybridized carbons (Fsp3) is 0.520. The summed E-state index contributed by atoms with van der Waals surface area (Å²) >= 11 is 5.54. The van der Waals surface area contributed by atoms with Crippen LogP contribution in [0.5, 0.6) is 5.75 Å². The summed E-state index contributed by atoms with van der Waals surface area (Å²) in [7, 11) is 0. The Morgan fingerprint density at radius 2 is 1.70 bits per heavy atom. The molecule has 2 aromatic rings. The number of ether oxygens (including phenoxy) is 1. The highest BCUT2D eigenvalue weighted by Gasteiger charge is 2.48. The van der Waals surface area contributed by atoms with Crippen molar-refractivity contribution in [3.05, 3.63) is 48.5 Å². The SMILES string of the molecule is C[C@@](C(=O)NC1CCC2(CCC2)CC1)(c1cncnc1)N(C(=O)[C@H](F)Cl)c1ccc(OC(F)(F)F)cc1. The van der Waals surface area contributed by atoms with Crippen LogP contribution in [0, 0.1) is 5.41 Å². The Balaban J connectivity index is 1.68. The lowest BCUT2D eigenvalue weighted by molar-refractivity contribution is -0.274. The molecule has 0 unspecified atom stereocenters. The van der Waals surface area contributed by atoms with Gasteiger partial charge in [0, 0.05) is 29.7 Å². The third kappa shape index (κ3) is 5.81. The minimum Gasteiger partial charge on any atom is -0.406 e. The lowest BCUT2D eigenvalue weighted by Crippen LogP contribution is -2.60. The summed E-state index contributed by atoms with van der Waals surface area (Å²) in [4.78, 5) is 35.7. The first-order chi connectivity index (χ1) is 17.4. The standard InChI is InChI=1S/C25H27ClF4N4O3/c1-23(16-13-31-15-32-14-16,22(36)33-17-7-11-24(12-8-17)9-2-10-24)34(21(35)20(26)27)18-3-5-19(6-4-18)37-25(28,29)30/h3-6,13-15,17,20H,2,7-12H2,1H3,(H,33,36)/t20-,23-/m0/s1. The van der Waals surface area contributed by atoms with Crippen LogP contribution in [0.25, 0.3) is 0 Å². The first kappa shape index (κ1) is 27.1. The molecule has 4 rings (SSSR count). The second kappa shape index (κ2) is 10.4. The first-order valence-electron chi connectivity index (χ1n) is 12.0. The number of alkyl halides is 5. The molecule has 2 saturated carbocycles. The van der Waals surface area contributed by atoms with E-state index in [-0.39, 0.29) is 17.3 Å². The zero-order valence-electron chi connectivity index (χ0n) is 20.1. The Labute approximate surface area is 216 Å². The van der Waals surface area contributed by atoms with Crippen LogP contribution in [0.2, 0.25) is 0 Å². The number of benzene rings is 1. The molecular weight excluding hydrogens is 516 g/mol. The first-order valence-corrected chi connectivity index (χ1v) is 12.4. The van der Waals surface area contributed by atoms with Gasteiger partial charge in [0.15, 0.2) is 5.54 Å². The van der Waals surface area contributed by atoms with Gasteiger partial charge in [0.25, 0.3) is 17.4 Å². The number of halogens is 5. The van der Waals surface area contributed by atoms with E-state index in [4.69, 9.17) is 11.6 Å². The molecule has 7 nitrogen and oxygen atoms in total. The molecule has 2 aliphatic carbocycles.